The van der Waals surface area contributed by atoms with Crippen molar-refractivity contribution in [2.24, 2.45) is 0 Å². The molecular weight excluding hydrogens is 419 g/mol. The lowest BCUT2D eigenvalue weighted by molar-refractivity contribution is -0.605. The molecule has 0 bridgehead atoms. The number of allylic oxidation sites excluding steroid dienone is 4. The first-order valence-corrected chi connectivity index (χ1v) is 10.5. The summed E-state index contributed by atoms with van der Waals surface area (Å²) < 4.78 is 3.25. The van der Waals surface area contributed by atoms with Gasteiger partial charge >= 0.3 is 11.4 Å². The second kappa shape index (κ2) is 7.75. The van der Waals surface area contributed by atoms with Crippen molar-refractivity contribution in [1.82, 2.24) is 0 Å². The Bertz CT molecular complexity index is 995. The van der Waals surface area contributed by atoms with Gasteiger partial charge in [-0.25, -0.2) is 0 Å². The van der Waals surface area contributed by atoms with Crippen LogP contribution in [0.1, 0.15) is 52.7 Å². The Morgan fingerprint density at radius 3 is 1.10 bits per heavy atom. The van der Waals surface area contributed by atoms with Crippen LogP contribution in [0.25, 0.3) is 11.4 Å². The predicted molar refractivity (Wildman–Crippen MR) is 119 cm³/mol. The minimum Gasteiger partial charge on any atom is -0.280 e. The van der Waals surface area contributed by atoms with Crippen LogP contribution in [-0.2, 0) is 20.4 Å². The standard InChI is InChI=1S/C24H26Cl2N2O2/c1-23(2,3)15-7-11-27(12-8-15)19-20(22(30)18(26)17(25)21(19)29)28-13-9-16(10-14-28)24(4,5)6/h7-14H,1-6H3/q+2. The number of pyridine rings is 2. The molecule has 2 aromatic rings. The molecule has 0 radical (unpaired) electrons. The van der Waals surface area contributed by atoms with Gasteiger partial charge in [0.15, 0.2) is 24.8 Å². The summed E-state index contributed by atoms with van der Waals surface area (Å²) in [6, 6.07) is 7.74. The van der Waals surface area contributed by atoms with Crippen molar-refractivity contribution in [3.8, 4) is 0 Å². The van der Waals surface area contributed by atoms with Gasteiger partial charge in [-0.2, -0.15) is 9.13 Å². The average molecular weight is 445 g/mol. The number of hydrogen-bond acceptors (Lipinski definition) is 2. The molecule has 2 heterocycles. The zero-order valence-electron chi connectivity index (χ0n) is 18.1. The predicted octanol–water partition coefficient (Wildman–Crippen LogP) is 4.52. The normalized spacial score (nSPS) is 15.9. The number of halogens is 2. The number of ketones is 2. The molecule has 0 atom stereocenters. The highest BCUT2D eigenvalue weighted by Gasteiger charge is 2.45. The summed E-state index contributed by atoms with van der Waals surface area (Å²) in [6.07, 6.45) is 7.09. The maximum absolute atomic E-state index is 13.1. The minimum absolute atomic E-state index is 0.0406. The van der Waals surface area contributed by atoms with Crippen LogP contribution in [0.4, 0.5) is 0 Å². The smallest absolute Gasteiger partial charge is 0.280 e. The van der Waals surface area contributed by atoms with Gasteiger partial charge in [0.05, 0.1) is 0 Å². The molecule has 156 valence electrons. The topological polar surface area (TPSA) is 41.9 Å². The molecule has 0 saturated heterocycles. The molecule has 3 rings (SSSR count). The number of rotatable bonds is 2. The fourth-order valence-electron chi connectivity index (χ4n) is 3.25. The number of nitrogens with zero attached hydrogens (tertiary/aromatic N) is 2. The van der Waals surface area contributed by atoms with Gasteiger partial charge in [-0.3, -0.25) is 9.59 Å². The van der Waals surface area contributed by atoms with Gasteiger partial charge in [0.2, 0.25) is 0 Å². The Hall–Kier alpha value is -2.30. The van der Waals surface area contributed by atoms with Gasteiger partial charge in [-0.05, 0) is 22.0 Å². The molecule has 30 heavy (non-hydrogen) atoms. The number of aromatic nitrogens is 2. The van der Waals surface area contributed by atoms with Crippen LogP contribution in [0.2, 0.25) is 0 Å². The van der Waals surface area contributed by atoms with E-state index in [1.54, 1.807) is 33.9 Å². The highest BCUT2D eigenvalue weighted by Crippen LogP contribution is 2.30. The van der Waals surface area contributed by atoms with Crippen molar-refractivity contribution >= 4 is 46.2 Å². The van der Waals surface area contributed by atoms with Gasteiger partial charge in [0, 0.05) is 24.3 Å². The molecule has 0 amide bonds. The Morgan fingerprint density at radius 2 is 0.867 bits per heavy atom. The Labute approximate surface area is 187 Å². The van der Waals surface area contributed by atoms with E-state index in [-0.39, 0.29) is 32.3 Å². The van der Waals surface area contributed by atoms with E-state index in [9.17, 15) is 9.59 Å². The largest absolute Gasteiger partial charge is 0.336 e. The lowest BCUT2D eigenvalue weighted by Gasteiger charge is -2.18. The fourth-order valence-corrected chi connectivity index (χ4v) is 3.60. The Kier molecular flexibility index (Phi) is 5.78. The van der Waals surface area contributed by atoms with Gasteiger partial charge in [-0.1, -0.05) is 64.7 Å². The highest BCUT2D eigenvalue weighted by molar-refractivity contribution is 6.64. The van der Waals surface area contributed by atoms with E-state index in [1.807, 2.05) is 24.3 Å². The van der Waals surface area contributed by atoms with Gasteiger partial charge in [-0.15, -0.1) is 0 Å². The minimum atomic E-state index is -0.489. The van der Waals surface area contributed by atoms with E-state index >= 15 is 0 Å². The maximum Gasteiger partial charge on any atom is 0.336 e. The SMILES string of the molecule is CC(C)(C)c1cc[n+](C2=C([n+]3ccc(C(C)(C)C)cc3)C(=O)C(Cl)=C(Cl)C2=O)cc1. The molecule has 0 fully saturated rings. The summed E-state index contributed by atoms with van der Waals surface area (Å²) in [4.78, 5) is 26.1. The van der Waals surface area contributed by atoms with E-state index in [0.29, 0.717) is 0 Å². The molecule has 0 aromatic carbocycles. The second-order valence-electron chi connectivity index (χ2n) is 9.47. The zero-order chi connectivity index (χ0) is 22.4. The van der Waals surface area contributed by atoms with E-state index in [4.69, 9.17) is 23.2 Å². The monoisotopic (exact) mass is 444 g/mol. The summed E-state index contributed by atoms with van der Waals surface area (Å²) in [5, 5.41) is -0.528. The van der Waals surface area contributed by atoms with Crippen LogP contribution < -0.4 is 9.13 Å². The third kappa shape index (κ3) is 4.12. The lowest BCUT2D eigenvalue weighted by atomic mass is 9.88. The zero-order valence-corrected chi connectivity index (χ0v) is 19.6. The molecular formula is C24H26Cl2N2O2+2. The van der Waals surface area contributed by atoms with Crippen molar-refractivity contribution in [2.45, 2.75) is 52.4 Å². The van der Waals surface area contributed by atoms with Crippen LogP contribution in [-0.4, -0.2) is 11.6 Å². The third-order valence-electron chi connectivity index (χ3n) is 5.15. The van der Waals surface area contributed by atoms with Crippen LogP contribution in [0, 0.1) is 0 Å². The number of carbonyl (C=O) groups is 2. The highest BCUT2D eigenvalue weighted by atomic mass is 35.5. The van der Waals surface area contributed by atoms with Crippen LogP contribution >= 0.6 is 23.2 Å². The van der Waals surface area contributed by atoms with Crippen LogP contribution in [0.3, 0.4) is 0 Å². The van der Waals surface area contributed by atoms with Crippen molar-refractivity contribution in [1.29, 1.82) is 0 Å². The molecule has 0 unspecified atom stereocenters. The van der Waals surface area contributed by atoms with Crippen molar-refractivity contribution in [2.75, 3.05) is 0 Å². The van der Waals surface area contributed by atoms with Gasteiger partial charge < -0.3 is 0 Å². The summed E-state index contributed by atoms with van der Waals surface area (Å²) in [6.45, 7) is 12.7. The quantitative estimate of drug-likeness (QED) is 0.504. The molecule has 1 aliphatic rings. The molecule has 4 nitrogen and oxygen atoms in total. The van der Waals surface area contributed by atoms with Gasteiger partial charge in [0.25, 0.3) is 11.6 Å². The third-order valence-corrected chi connectivity index (χ3v) is 5.97. The molecule has 0 N–H and O–H groups in total. The summed E-state index contributed by atoms with van der Waals surface area (Å²) >= 11 is 12.2. The summed E-state index contributed by atoms with van der Waals surface area (Å²) in [7, 11) is 0. The lowest BCUT2D eigenvalue weighted by Crippen LogP contribution is -2.47. The number of Topliss-reactive ketones (excluding diaryl/α,β-unsaturated/α-hetero) is 2. The van der Waals surface area contributed by atoms with E-state index < -0.39 is 11.6 Å². The van der Waals surface area contributed by atoms with Crippen LogP contribution in [0.15, 0.2) is 59.1 Å². The fraction of sp³-hybridized carbons (Fsp3) is 0.333. The Balaban J connectivity index is 2.21. The van der Waals surface area contributed by atoms with Crippen molar-refractivity contribution < 1.29 is 18.7 Å². The maximum atomic E-state index is 13.1. The Morgan fingerprint density at radius 1 is 0.600 bits per heavy atom. The first kappa shape index (κ1) is 22.4. The summed E-state index contributed by atoms with van der Waals surface area (Å²) in [5.41, 5.74) is 2.48. The second-order valence-corrected chi connectivity index (χ2v) is 10.2. The molecule has 0 saturated carbocycles. The first-order chi connectivity index (χ1) is 13.8. The molecule has 2 aromatic heterocycles. The first-order valence-electron chi connectivity index (χ1n) is 9.75. The summed E-state index contributed by atoms with van der Waals surface area (Å²) in [5.74, 6) is -0.977. The molecule has 1 aliphatic carbocycles. The van der Waals surface area contributed by atoms with E-state index in [0.717, 1.165) is 11.1 Å². The van der Waals surface area contributed by atoms with E-state index in [2.05, 4.69) is 41.5 Å². The number of hydrogen-bond donors (Lipinski definition) is 0. The van der Waals surface area contributed by atoms with Crippen molar-refractivity contribution in [3.63, 3.8) is 0 Å². The van der Waals surface area contributed by atoms with Crippen LogP contribution in [0.5, 0.6) is 0 Å². The molecule has 0 spiro atoms. The number of carbonyl (C=O) groups excluding carboxylic acids is 2. The molecule has 6 heteroatoms. The van der Waals surface area contributed by atoms with Gasteiger partial charge in [0.1, 0.15) is 10.1 Å². The molecule has 0 aliphatic heterocycles. The van der Waals surface area contributed by atoms with Crippen molar-refractivity contribution in [3.05, 3.63) is 70.2 Å². The van der Waals surface area contributed by atoms with E-state index in [1.165, 1.54) is 0 Å². The average Bonchev–Trinajstić information content (AvgIpc) is 2.68.